The highest BCUT2D eigenvalue weighted by atomic mass is 16.5. The lowest BCUT2D eigenvalue weighted by Crippen LogP contribution is -2.45. The molecule has 0 radical (unpaired) electrons. The van der Waals surface area contributed by atoms with E-state index in [1.165, 1.54) is 11.3 Å². The number of guanidine groups is 1. The lowest BCUT2D eigenvalue weighted by molar-refractivity contribution is -0.127. The second-order valence-electron chi connectivity index (χ2n) is 7.89. The van der Waals surface area contributed by atoms with E-state index in [0.29, 0.717) is 5.96 Å². The number of nitrogens with one attached hydrogen (secondary N) is 2. The molecule has 0 bridgehead atoms. The lowest BCUT2D eigenvalue weighted by atomic mass is 10.1. The Kier molecular flexibility index (Phi) is 8.15. The van der Waals surface area contributed by atoms with E-state index in [4.69, 9.17) is 4.74 Å². The number of ether oxygens (including phenoxy) is 1. The Balaban J connectivity index is 1.56. The molecular weight excluding hydrogens is 390 g/mol. The summed E-state index contributed by atoms with van der Waals surface area (Å²) in [5.74, 6) is 1.52. The van der Waals surface area contributed by atoms with Gasteiger partial charge in [-0.05, 0) is 42.7 Å². The van der Waals surface area contributed by atoms with E-state index >= 15 is 0 Å². The van der Waals surface area contributed by atoms with Crippen molar-refractivity contribution in [2.24, 2.45) is 4.99 Å². The molecule has 1 amide bonds. The fraction of sp³-hybridized carbons (Fsp3) is 0.417. The van der Waals surface area contributed by atoms with Crippen LogP contribution < -0.4 is 20.3 Å². The van der Waals surface area contributed by atoms with Crippen molar-refractivity contribution in [3.8, 4) is 5.75 Å². The summed E-state index contributed by atoms with van der Waals surface area (Å²) in [6.45, 7) is 2.76. The van der Waals surface area contributed by atoms with Gasteiger partial charge in [-0.25, -0.2) is 4.99 Å². The first-order valence-electron chi connectivity index (χ1n) is 10.7. The second kappa shape index (κ2) is 11.2. The Hall–Kier alpha value is -3.22. The molecule has 1 heterocycles. The number of rotatable bonds is 8. The van der Waals surface area contributed by atoms with Gasteiger partial charge >= 0.3 is 0 Å². The molecule has 2 N–H and O–H groups in total. The largest absolute Gasteiger partial charge is 0.497 e. The topological polar surface area (TPSA) is 69.2 Å². The Labute approximate surface area is 185 Å². The van der Waals surface area contributed by atoms with Crippen LogP contribution in [0.1, 0.15) is 12.0 Å². The van der Waals surface area contributed by atoms with Crippen LogP contribution in [0.5, 0.6) is 5.75 Å². The maximum absolute atomic E-state index is 12.0. The van der Waals surface area contributed by atoms with Gasteiger partial charge in [0.05, 0.1) is 7.11 Å². The molecule has 0 saturated carbocycles. The van der Waals surface area contributed by atoms with Crippen molar-refractivity contribution < 1.29 is 9.53 Å². The summed E-state index contributed by atoms with van der Waals surface area (Å²) in [6.07, 6.45) is 1.88. The summed E-state index contributed by atoms with van der Waals surface area (Å²) >= 11 is 0. The highest BCUT2D eigenvalue weighted by molar-refractivity contribution is 5.85. The SMILES string of the molecule is COc1ccc(CCNC(=NCC(=O)N(C)C)NC2CCN(c3ccccc3)C2)cc1. The van der Waals surface area contributed by atoms with Gasteiger partial charge in [-0.3, -0.25) is 4.79 Å². The van der Waals surface area contributed by atoms with Crippen LogP contribution in [0.15, 0.2) is 59.6 Å². The normalized spacial score (nSPS) is 16.2. The number of aliphatic imine (C=N–C) groups is 1. The minimum atomic E-state index is -0.0198. The molecule has 166 valence electrons. The predicted molar refractivity (Wildman–Crippen MR) is 126 cm³/mol. The summed E-state index contributed by atoms with van der Waals surface area (Å²) in [6, 6.07) is 18.8. The van der Waals surface area contributed by atoms with Gasteiger partial charge in [0.2, 0.25) is 5.91 Å². The average molecular weight is 424 g/mol. The van der Waals surface area contributed by atoms with E-state index in [0.717, 1.165) is 38.2 Å². The number of hydrogen-bond donors (Lipinski definition) is 2. The molecule has 1 unspecified atom stereocenters. The number of methoxy groups -OCH3 is 1. The van der Waals surface area contributed by atoms with E-state index in [1.54, 1.807) is 26.1 Å². The quantitative estimate of drug-likeness (QED) is 0.503. The van der Waals surface area contributed by atoms with E-state index in [-0.39, 0.29) is 18.5 Å². The zero-order valence-electron chi connectivity index (χ0n) is 18.7. The highest BCUT2D eigenvalue weighted by Gasteiger charge is 2.23. The number of amides is 1. The first-order chi connectivity index (χ1) is 15.0. The van der Waals surface area contributed by atoms with Crippen LogP contribution in [0.4, 0.5) is 5.69 Å². The van der Waals surface area contributed by atoms with Gasteiger partial charge in [0, 0.05) is 45.5 Å². The Morgan fingerprint density at radius 2 is 1.90 bits per heavy atom. The first kappa shape index (κ1) is 22.5. The lowest BCUT2D eigenvalue weighted by Gasteiger charge is -2.21. The molecule has 1 aliphatic rings. The summed E-state index contributed by atoms with van der Waals surface area (Å²) in [7, 11) is 5.16. The molecule has 2 aromatic carbocycles. The predicted octanol–water partition coefficient (Wildman–Crippen LogP) is 2.14. The van der Waals surface area contributed by atoms with Crippen molar-refractivity contribution in [2.45, 2.75) is 18.9 Å². The standard InChI is InChI=1S/C24H33N5O2/c1-28(2)23(30)17-26-24(25-15-13-19-9-11-22(31-3)12-10-19)27-20-14-16-29(18-20)21-7-5-4-6-8-21/h4-12,20H,13-18H2,1-3H3,(H2,25,26,27). The summed E-state index contributed by atoms with van der Waals surface area (Å²) in [5.41, 5.74) is 2.45. The minimum absolute atomic E-state index is 0.0198. The third-order valence-electron chi connectivity index (χ3n) is 5.39. The summed E-state index contributed by atoms with van der Waals surface area (Å²) < 4.78 is 5.22. The van der Waals surface area contributed by atoms with Gasteiger partial charge in [-0.2, -0.15) is 0 Å². The van der Waals surface area contributed by atoms with Crippen molar-refractivity contribution in [1.29, 1.82) is 0 Å². The number of para-hydroxylation sites is 1. The molecule has 1 atom stereocenters. The van der Waals surface area contributed by atoms with Crippen molar-refractivity contribution in [3.05, 3.63) is 60.2 Å². The van der Waals surface area contributed by atoms with Crippen molar-refractivity contribution >= 4 is 17.6 Å². The highest BCUT2D eigenvalue weighted by Crippen LogP contribution is 2.19. The zero-order valence-corrected chi connectivity index (χ0v) is 18.7. The van der Waals surface area contributed by atoms with Crippen molar-refractivity contribution in [2.75, 3.05) is 52.3 Å². The number of hydrogen-bond acceptors (Lipinski definition) is 4. The van der Waals surface area contributed by atoms with Gasteiger partial charge < -0.3 is 25.2 Å². The van der Waals surface area contributed by atoms with E-state index in [1.807, 2.05) is 18.2 Å². The number of likely N-dealkylation sites (N-methyl/N-ethyl adjacent to an activating group) is 1. The van der Waals surface area contributed by atoms with Crippen LogP contribution in [-0.2, 0) is 11.2 Å². The molecule has 1 fully saturated rings. The van der Waals surface area contributed by atoms with E-state index in [2.05, 4.69) is 56.9 Å². The number of carbonyl (C=O) groups is 1. The molecule has 2 aromatic rings. The Morgan fingerprint density at radius 1 is 1.16 bits per heavy atom. The monoisotopic (exact) mass is 423 g/mol. The third-order valence-corrected chi connectivity index (χ3v) is 5.39. The second-order valence-corrected chi connectivity index (χ2v) is 7.89. The molecule has 1 saturated heterocycles. The van der Waals surface area contributed by atoms with Gasteiger partial charge in [0.15, 0.2) is 5.96 Å². The fourth-order valence-electron chi connectivity index (χ4n) is 3.50. The van der Waals surface area contributed by atoms with Crippen LogP contribution in [0, 0.1) is 0 Å². The average Bonchev–Trinajstić information content (AvgIpc) is 3.26. The molecule has 7 nitrogen and oxygen atoms in total. The number of carbonyl (C=O) groups excluding carboxylic acids is 1. The van der Waals surface area contributed by atoms with Crippen molar-refractivity contribution in [3.63, 3.8) is 0 Å². The van der Waals surface area contributed by atoms with Gasteiger partial charge in [0.25, 0.3) is 0 Å². The van der Waals surface area contributed by atoms with Gasteiger partial charge in [-0.1, -0.05) is 30.3 Å². The van der Waals surface area contributed by atoms with Crippen LogP contribution in [-0.4, -0.2) is 70.2 Å². The summed E-state index contributed by atoms with van der Waals surface area (Å²) in [4.78, 5) is 20.5. The van der Waals surface area contributed by atoms with Crippen molar-refractivity contribution in [1.82, 2.24) is 15.5 Å². The molecule has 0 aromatic heterocycles. The van der Waals surface area contributed by atoms with Crippen LogP contribution in [0.2, 0.25) is 0 Å². The Morgan fingerprint density at radius 3 is 2.58 bits per heavy atom. The van der Waals surface area contributed by atoms with Gasteiger partial charge in [-0.15, -0.1) is 0 Å². The molecular formula is C24H33N5O2. The van der Waals surface area contributed by atoms with Crippen LogP contribution >= 0.6 is 0 Å². The summed E-state index contributed by atoms with van der Waals surface area (Å²) in [5, 5.41) is 6.91. The fourth-order valence-corrected chi connectivity index (χ4v) is 3.50. The molecule has 0 spiro atoms. The van der Waals surface area contributed by atoms with E-state index < -0.39 is 0 Å². The molecule has 0 aliphatic carbocycles. The third kappa shape index (κ3) is 6.91. The smallest absolute Gasteiger partial charge is 0.243 e. The van der Waals surface area contributed by atoms with E-state index in [9.17, 15) is 4.79 Å². The number of anilines is 1. The zero-order chi connectivity index (χ0) is 22.1. The number of nitrogens with zero attached hydrogens (tertiary/aromatic N) is 3. The molecule has 3 rings (SSSR count). The maximum atomic E-state index is 12.0. The maximum Gasteiger partial charge on any atom is 0.243 e. The number of benzene rings is 2. The molecule has 31 heavy (non-hydrogen) atoms. The van der Waals surface area contributed by atoms with Gasteiger partial charge in [0.1, 0.15) is 12.3 Å². The van der Waals surface area contributed by atoms with Crippen LogP contribution in [0.3, 0.4) is 0 Å². The van der Waals surface area contributed by atoms with Crippen LogP contribution in [0.25, 0.3) is 0 Å². The molecule has 7 heteroatoms. The minimum Gasteiger partial charge on any atom is -0.497 e. The first-order valence-corrected chi connectivity index (χ1v) is 10.7. The molecule has 1 aliphatic heterocycles. The Bertz CT molecular complexity index is 852.